The third-order valence-corrected chi connectivity index (χ3v) is 6.82. The highest BCUT2D eigenvalue weighted by Crippen LogP contribution is 2.55. The minimum atomic E-state index is -3.78. The summed E-state index contributed by atoms with van der Waals surface area (Å²) in [7, 11) is -3.78. The zero-order valence-corrected chi connectivity index (χ0v) is 13.6. The van der Waals surface area contributed by atoms with Crippen molar-refractivity contribution in [3.8, 4) is 0 Å². The zero-order valence-electron chi connectivity index (χ0n) is 12.0. The Hall–Kier alpha value is -1.47. The molecule has 0 saturated heterocycles. The summed E-state index contributed by atoms with van der Waals surface area (Å²) in [6.07, 6.45) is 0. The van der Waals surface area contributed by atoms with Gasteiger partial charge in [0.2, 0.25) is 0 Å². The molecular formula is C16H15ClFNO3S. The van der Waals surface area contributed by atoms with Crippen molar-refractivity contribution < 1.29 is 17.9 Å². The van der Waals surface area contributed by atoms with Gasteiger partial charge in [-0.3, -0.25) is 0 Å². The molecule has 0 bridgehead atoms. The standard InChI is InChI=1S/C16H15ClFNO3S/c17-11-4-6-13(7-5-11)23(21,22)15-14(16(15,19)9-20)10-2-1-3-12(18)8-10/h1-8,14-15,20H,9,19H2/t14-,15-,16-/m0/s1. The fourth-order valence-corrected chi connectivity index (χ4v) is 5.46. The van der Waals surface area contributed by atoms with E-state index in [1.165, 1.54) is 42.5 Å². The fraction of sp³-hybridized carbons (Fsp3) is 0.250. The van der Waals surface area contributed by atoms with Crippen LogP contribution >= 0.6 is 11.6 Å². The van der Waals surface area contributed by atoms with Gasteiger partial charge in [-0.25, -0.2) is 12.8 Å². The van der Waals surface area contributed by atoms with Gasteiger partial charge in [0.15, 0.2) is 9.84 Å². The summed E-state index contributed by atoms with van der Waals surface area (Å²) in [5.41, 5.74) is 5.23. The summed E-state index contributed by atoms with van der Waals surface area (Å²) >= 11 is 5.78. The van der Waals surface area contributed by atoms with Gasteiger partial charge in [-0.2, -0.15) is 0 Å². The first kappa shape index (κ1) is 16.4. The number of aliphatic hydroxyl groups is 1. The summed E-state index contributed by atoms with van der Waals surface area (Å²) in [6.45, 7) is -0.508. The van der Waals surface area contributed by atoms with Crippen LogP contribution in [0, 0.1) is 5.82 Å². The predicted octanol–water partition coefficient (Wildman–Crippen LogP) is 2.11. The van der Waals surface area contributed by atoms with Crippen molar-refractivity contribution in [2.75, 3.05) is 6.61 Å². The van der Waals surface area contributed by atoms with Crippen molar-refractivity contribution in [3.05, 3.63) is 64.9 Å². The van der Waals surface area contributed by atoms with Crippen LogP contribution in [0.15, 0.2) is 53.4 Å². The molecule has 0 unspecified atom stereocenters. The summed E-state index contributed by atoms with van der Waals surface area (Å²) in [5, 5.41) is 8.99. The maximum Gasteiger partial charge on any atom is 0.183 e. The van der Waals surface area contributed by atoms with Gasteiger partial charge in [0.1, 0.15) is 5.82 Å². The molecule has 1 aliphatic rings. The van der Waals surface area contributed by atoms with Crippen LogP contribution in [0.4, 0.5) is 4.39 Å². The number of hydrogen-bond acceptors (Lipinski definition) is 4. The highest BCUT2D eigenvalue weighted by molar-refractivity contribution is 7.92. The molecule has 2 aromatic carbocycles. The van der Waals surface area contributed by atoms with Crippen LogP contribution in [0.25, 0.3) is 0 Å². The number of benzene rings is 2. The lowest BCUT2D eigenvalue weighted by molar-refractivity contribution is 0.253. The molecule has 1 fully saturated rings. The molecule has 0 aromatic heterocycles. The predicted molar refractivity (Wildman–Crippen MR) is 85.6 cm³/mol. The second-order valence-electron chi connectivity index (χ2n) is 5.72. The van der Waals surface area contributed by atoms with Crippen LogP contribution < -0.4 is 5.73 Å². The van der Waals surface area contributed by atoms with Crippen LogP contribution in [0.3, 0.4) is 0 Å². The Morgan fingerprint density at radius 2 is 1.87 bits per heavy atom. The van der Waals surface area contributed by atoms with Crippen LogP contribution in [0.5, 0.6) is 0 Å². The van der Waals surface area contributed by atoms with Gasteiger partial charge in [0, 0.05) is 10.9 Å². The van der Waals surface area contributed by atoms with Crippen molar-refractivity contribution >= 4 is 21.4 Å². The third kappa shape index (κ3) is 2.65. The molecule has 0 aliphatic heterocycles. The molecular weight excluding hydrogens is 341 g/mol. The summed E-state index contributed by atoms with van der Waals surface area (Å²) in [5.74, 6) is -1.14. The largest absolute Gasteiger partial charge is 0.394 e. The number of nitrogens with two attached hydrogens (primary N) is 1. The molecule has 23 heavy (non-hydrogen) atoms. The second kappa shape index (κ2) is 5.56. The maximum absolute atomic E-state index is 13.4. The lowest BCUT2D eigenvalue weighted by Gasteiger charge is -2.08. The van der Waals surface area contributed by atoms with Gasteiger partial charge in [-0.1, -0.05) is 23.7 Å². The van der Waals surface area contributed by atoms with E-state index in [4.69, 9.17) is 17.3 Å². The Labute approximate surface area is 138 Å². The van der Waals surface area contributed by atoms with Gasteiger partial charge in [-0.05, 0) is 42.0 Å². The minimum Gasteiger partial charge on any atom is -0.394 e. The molecule has 2 aromatic rings. The Balaban J connectivity index is 2.03. The van der Waals surface area contributed by atoms with Crippen molar-refractivity contribution in [1.82, 2.24) is 0 Å². The van der Waals surface area contributed by atoms with Crippen LogP contribution in [0.2, 0.25) is 5.02 Å². The Kier molecular flexibility index (Phi) is 3.96. The summed E-state index contributed by atoms with van der Waals surface area (Å²) in [4.78, 5) is 0.0779. The first-order chi connectivity index (χ1) is 10.8. The highest BCUT2D eigenvalue weighted by atomic mass is 35.5. The van der Waals surface area contributed by atoms with Crippen molar-refractivity contribution in [2.24, 2.45) is 5.73 Å². The minimum absolute atomic E-state index is 0.0779. The number of halogens is 2. The first-order valence-electron chi connectivity index (χ1n) is 6.95. The van der Waals surface area contributed by atoms with E-state index in [9.17, 15) is 17.9 Å². The van der Waals surface area contributed by atoms with Crippen LogP contribution in [0.1, 0.15) is 11.5 Å². The zero-order chi connectivity index (χ0) is 16.8. The summed E-state index contributed by atoms with van der Waals surface area (Å²) < 4.78 is 39.1. The van der Waals surface area contributed by atoms with Crippen molar-refractivity contribution in [3.63, 3.8) is 0 Å². The molecule has 0 spiro atoms. The molecule has 3 N–H and O–H groups in total. The molecule has 7 heteroatoms. The van der Waals surface area contributed by atoms with E-state index < -0.39 is 39.0 Å². The van der Waals surface area contributed by atoms with Gasteiger partial charge in [0.25, 0.3) is 0 Å². The first-order valence-corrected chi connectivity index (χ1v) is 8.88. The normalized spacial score (nSPS) is 27.0. The molecule has 0 heterocycles. The SMILES string of the molecule is N[C@@]1(CO)[C@@H](c2cccc(F)c2)[C@@H]1S(=O)(=O)c1ccc(Cl)cc1. The Bertz CT molecular complexity index is 841. The van der Waals surface area contributed by atoms with Gasteiger partial charge < -0.3 is 10.8 Å². The third-order valence-electron chi connectivity index (χ3n) is 4.26. The van der Waals surface area contributed by atoms with E-state index in [0.717, 1.165) is 0 Å². The molecule has 1 aliphatic carbocycles. The molecule has 3 rings (SSSR count). The monoisotopic (exact) mass is 355 g/mol. The highest BCUT2D eigenvalue weighted by Gasteiger charge is 2.69. The molecule has 0 amide bonds. The number of aliphatic hydroxyl groups excluding tert-OH is 1. The van der Waals surface area contributed by atoms with E-state index in [1.807, 2.05) is 0 Å². The Morgan fingerprint density at radius 1 is 1.22 bits per heavy atom. The average Bonchev–Trinajstić information content (AvgIpc) is 3.15. The average molecular weight is 356 g/mol. The Morgan fingerprint density at radius 3 is 2.43 bits per heavy atom. The second-order valence-corrected chi connectivity index (χ2v) is 8.23. The topological polar surface area (TPSA) is 80.4 Å². The van der Waals surface area contributed by atoms with E-state index in [1.54, 1.807) is 6.07 Å². The smallest absolute Gasteiger partial charge is 0.183 e. The molecule has 0 radical (unpaired) electrons. The van der Waals surface area contributed by atoms with E-state index in [0.29, 0.717) is 10.6 Å². The fourth-order valence-electron chi connectivity index (χ4n) is 3.04. The quantitative estimate of drug-likeness (QED) is 0.880. The molecule has 4 nitrogen and oxygen atoms in total. The maximum atomic E-state index is 13.4. The van der Waals surface area contributed by atoms with Crippen molar-refractivity contribution in [1.29, 1.82) is 0 Å². The van der Waals surface area contributed by atoms with Crippen LogP contribution in [-0.2, 0) is 9.84 Å². The molecule has 3 atom stereocenters. The lowest BCUT2D eigenvalue weighted by Crippen LogP contribution is -2.35. The van der Waals surface area contributed by atoms with Crippen LogP contribution in [-0.4, -0.2) is 30.9 Å². The van der Waals surface area contributed by atoms with Gasteiger partial charge >= 0.3 is 0 Å². The number of sulfone groups is 1. The number of hydrogen-bond donors (Lipinski definition) is 2. The van der Waals surface area contributed by atoms with Gasteiger partial charge in [0.05, 0.1) is 22.3 Å². The molecule has 122 valence electrons. The van der Waals surface area contributed by atoms with Crippen molar-refractivity contribution in [2.45, 2.75) is 21.6 Å². The lowest BCUT2D eigenvalue weighted by atomic mass is 10.1. The number of rotatable bonds is 4. The van der Waals surface area contributed by atoms with E-state index in [2.05, 4.69) is 0 Å². The molecule has 1 saturated carbocycles. The van der Waals surface area contributed by atoms with E-state index in [-0.39, 0.29) is 4.90 Å². The van der Waals surface area contributed by atoms with E-state index >= 15 is 0 Å². The summed E-state index contributed by atoms with van der Waals surface area (Å²) in [6, 6.07) is 11.4. The van der Waals surface area contributed by atoms with Gasteiger partial charge in [-0.15, -0.1) is 0 Å².